The summed E-state index contributed by atoms with van der Waals surface area (Å²) in [5, 5.41) is 17.5. The topological polar surface area (TPSA) is 44.3 Å². The number of benzene rings is 2. The van der Waals surface area contributed by atoms with Crippen molar-refractivity contribution in [2.45, 2.75) is 77.2 Å². The van der Waals surface area contributed by atoms with Crippen LogP contribution in [0.1, 0.15) is 87.7 Å². The molecule has 0 aliphatic heterocycles. The van der Waals surface area contributed by atoms with Gasteiger partial charge >= 0.3 is 0 Å². The molecule has 0 bridgehead atoms. The maximum Gasteiger partial charge on any atom is 0.0914 e. The second kappa shape index (κ2) is 10.3. The minimum absolute atomic E-state index is 0.301. The quantitative estimate of drug-likeness (QED) is 0.429. The van der Waals surface area contributed by atoms with E-state index < -0.39 is 6.10 Å². The molecule has 2 aromatic rings. The molecule has 0 spiro atoms. The lowest BCUT2D eigenvalue weighted by Crippen LogP contribution is -2.53. The van der Waals surface area contributed by atoms with Crippen LogP contribution in [0.15, 0.2) is 48.5 Å². The lowest BCUT2D eigenvalue weighted by molar-refractivity contribution is 0.0261. The van der Waals surface area contributed by atoms with Crippen LogP contribution >= 0.6 is 0 Å². The number of nitrogens with one attached hydrogen (secondary N) is 2. The lowest BCUT2D eigenvalue weighted by atomic mass is 9.49. The van der Waals surface area contributed by atoms with Crippen LogP contribution in [-0.4, -0.2) is 31.3 Å². The van der Waals surface area contributed by atoms with E-state index in [-0.39, 0.29) is 0 Å². The average Bonchev–Trinajstić information content (AvgIpc) is 2.81. The molecule has 2 aliphatic carbocycles. The molecule has 0 saturated heterocycles. The van der Waals surface area contributed by atoms with Gasteiger partial charge in [-0.1, -0.05) is 82.6 Å². The van der Waals surface area contributed by atoms with Crippen molar-refractivity contribution in [3.63, 3.8) is 0 Å². The molecular weight excluding hydrogens is 404 g/mol. The summed E-state index contributed by atoms with van der Waals surface area (Å²) in [4.78, 5) is 0. The number of aliphatic hydroxyl groups excluding tert-OH is 1. The molecule has 0 aromatic heterocycles. The molecule has 180 valence electrons. The van der Waals surface area contributed by atoms with E-state index in [1.165, 1.54) is 37.7 Å². The Labute approximate surface area is 201 Å². The van der Waals surface area contributed by atoms with E-state index in [1.54, 1.807) is 11.1 Å². The largest absolute Gasteiger partial charge is 0.387 e. The minimum atomic E-state index is -0.443. The first kappa shape index (κ1) is 24.4. The molecule has 4 atom stereocenters. The van der Waals surface area contributed by atoms with Crippen LogP contribution in [-0.2, 0) is 11.8 Å². The van der Waals surface area contributed by atoms with Crippen LogP contribution in [0.3, 0.4) is 0 Å². The average molecular weight is 449 g/mol. The van der Waals surface area contributed by atoms with Gasteiger partial charge in [0.05, 0.1) is 6.10 Å². The second-order valence-electron chi connectivity index (χ2n) is 11.4. The molecule has 3 heteroatoms. The number of aliphatic hydroxyl groups is 1. The van der Waals surface area contributed by atoms with Crippen molar-refractivity contribution < 1.29 is 5.11 Å². The van der Waals surface area contributed by atoms with Crippen molar-refractivity contribution >= 4 is 0 Å². The predicted octanol–water partition coefficient (Wildman–Crippen LogP) is 5.73. The zero-order valence-corrected chi connectivity index (χ0v) is 21.2. The van der Waals surface area contributed by atoms with Crippen molar-refractivity contribution in [1.82, 2.24) is 10.6 Å². The van der Waals surface area contributed by atoms with Gasteiger partial charge in [0.15, 0.2) is 0 Å². The summed E-state index contributed by atoms with van der Waals surface area (Å²) in [7, 11) is 0. The monoisotopic (exact) mass is 448 g/mol. The summed E-state index contributed by atoms with van der Waals surface area (Å²) in [6.45, 7) is 13.2. The van der Waals surface area contributed by atoms with Crippen LogP contribution < -0.4 is 10.6 Å². The summed E-state index contributed by atoms with van der Waals surface area (Å²) in [6.07, 6.45) is 6.05. The highest BCUT2D eigenvalue weighted by Gasteiger charge is 2.51. The third-order valence-corrected chi connectivity index (χ3v) is 8.70. The Bertz CT molecular complexity index is 911. The number of aryl methyl sites for hydroxylation is 1. The van der Waals surface area contributed by atoms with Crippen molar-refractivity contribution in [3.05, 3.63) is 70.8 Å². The predicted molar refractivity (Wildman–Crippen MR) is 139 cm³/mol. The number of hydrogen-bond donors (Lipinski definition) is 3. The maximum absolute atomic E-state index is 10.3. The van der Waals surface area contributed by atoms with Gasteiger partial charge in [0.1, 0.15) is 0 Å². The summed E-state index contributed by atoms with van der Waals surface area (Å²) in [5.41, 5.74) is 6.34. The van der Waals surface area contributed by atoms with Crippen LogP contribution in [0, 0.1) is 11.3 Å². The SMILES string of the molecule is CC(C)c1ccc2c(c1)CC[C@H]1[C@](C)(CNCCNCC(O)c3ccccc3)CCC[C@]21C. The first-order valence-corrected chi connectivity index (χ1v) is 13.1. The van der Waals surface area contributed by atoms with Crippen LogP contribution in [0.5, 0.6) is 0 Å². The van der Waals surface area contributed by atoms with Crippen molar-refractivity contribution in [2.24, 2.45) is 11.3 Å². The third kappa shape index (κ3) is 5.21. The number of fused-ring (bicyclic) bond motifs is 3. The molecule has 1 fully saturated rings. The molecule has 0 heterocycles. The molecule has 2 aliphatic rings. The molecule has 3 N–H and O–H groups in total. The molecule has 1 saturated carbocycles. The zero-order chi connectivity index (χ0) is 23.5. The summed E-state index contributed by atoms with van der Waals surface area (Å²) in [6, 6.07) is 17.3. The second-order valence-corrected chi connectivity index (χ2v) is 11.4. The molecule has 0 amide bonds. The van der Waals surface area contributed by atoms with Gasteiger partial charge in [0.25, 0.3) is 0 Å². The molecule has 33 heavy (non-hydrogen) atoms. The van der Waals surface area contributed by atoms with E-state index in [9.17, 15) is 5.11 Å². The standard InChI is InChI=1S/C30H44N2O/c1-22(2)24-11-13-26-25(19-24)12-14-28-29(3,15-8-16-30(26,28)4)21-32-18-17-31-20-27(33)23-9-6-5-7-10-23/h5-7,9-11,13,19,22,27-28,31-33H,8,12,14-18,20-21H2,1-4H3/t27?,28-,29-,30+/m0/s1. The van der Waals surface area contributed by atoms with Gasteiger partial charge in [-0.3, -0.25) is 0 Å². The fraction of sp³-hybridized carbons (Fsp3) is 0.600. The van der Waals surface area contributed by atoms with E-state index in [0.717, 1.165) is 31.1 Å². The maximum atomic E-state index is 10.3. The van der Waals surface area contributed by atoms with Gasteiger partial charge < -0.3 is 15.7 Å². The van der Waals surface area contributed by atoms with Crippen LogP contribution in [0.4, 0.5) is 0 Å². The highest BCUT2D eigenvalue weighted by Crippen LogP contribution is 2.57. The zero-order valence-electron chi connectivity index (χ0n) is 21.2. The van der Waals surface area contributed by atoms with Crippen LogP contribution in [0.25, 0.3) is 0 Å². The van der Waals surface area contributed by atoms with Gasteiger partial charge in [0, 0.05) is 26.2 Å². The van der Waals surface area contributed by atoms with Gasteiger partial charge in [-0.15, -0.1) is 0 Å². The van der Waals surface area contributed by atoms with Crippen LogP contribution in [0.2, 0.25) is 0 Å². The molecule has 4 rings (SSSR count). The first-order valence-electron chi connectivity index (χ1n) is 13.1. The fourth-order valence-electron chi connectivity index (χ4n) is 6.80. The molecule has 0 radical (unpaired) electrons. The molecular formula is C30H44N2O. The Kier molecular flexibility index (Phi) is 7.63. The summed E-state index contributed by atoms with van der Waals surface area (Å²) in [5.74, 6) is 1.33. The summed E-state index contributed by atoms with van der Waals surface area (Å²) < 4.78 is 0. The van der Waals surface area contributed by atoms with Gasteiger partial charge in [-0.25, -0.2) is 0 Å². The highest BCUT2D eigenvalue weighted by atomic mass is 16.3. The Hall–Kier alpha value is -1.68. The molecule has 3 nitrogen and oxygen atoms in total. The Morgan fingerprint density at radius 3 is 2.48 bits per heavy atom. The highest BCUT2D eigenvalue weighted by molar-refractivity contribution is 5.42. The number of rotatable bonds is 9. The van der Waals surface area contributed by atoms with Crippen molar-refractivity contribution in [2.75, 3.05) is 26.2 Å². The lowest BCUT2D eigenvalue weighted by Gasteiger charge is -2.55. The Morgan fingerprint density at radius 2 is 1.73 bits per heavy atom. The van der Waals surface area contributed by atoms with Gasteiger partial charge in [-0.2, -0.15) is 0 Å². The first-order chi connectivity index (χ1) is 15.8. The smallest absolute Gasteiger partial charge is 0.0914 e. The third-order valence-electron chi connectivity index (χ3n) is 8.70. The van der Waals surface area contributed by atoms with E-state index >= 15 is 0 Å². The Balaban J connectivity index is 1.31. The van der Waals surface area contributed by atoms with Crippen molar-refractivity contribution in [1.29, 1.82) is 0 Å². The van der Waals surface area contributed by atoms with E-state index in [0.29, 0.717) is 23.3 Å². The molecule has 2 aromatic carbocycles. The number of hydrogen-bond acceptors (Lipinski definition) is 3. The summed E-state index contributed by atoms with van der Waals surface area (Å²) >= 11 is 0. The van der Waals surface area contributed by atoms with Crippen molar-refractivity contribution in [3.8, 4) is 0 Å². The van der Waals surface area contributed by atoms with Gasteiger partial charge in [0.2, 0.25) is 0 Å². The normalized spacial score (nSPS) is 27.8. The van der Waals surface area contributed by atoms with E-state index in [1.807, 2.05) is 30.3 Å². The van der Waals surface area contributed by atoms with Gasteiger partial charge in [-0.05, 0) is 70.6 Å². The van der Waals surface area contributed by atoms with E-state index in [4.69, 9.17) is 0 Å². The van der Waals surface area contributed by atoms with E-state index in [2.05, 4.69) is 56.5 Å². The minimum Gasteiger partial charge on any atom is -0.387 e. The molecule has 1 unspecified atom stereocenters. The fourth-order valence-corrected chi connectivity index (χ4v) is 6.80. The Morgan fingerprint density at radius 1 is 0.970 bits per heavy atom.